The first-order valence-corrected chi connectivity index (χ1v) is 6.73. The molecule has 2 nitrogen and oxygen atoms in total. The molecule has 0 saturated heterocycles. The smallest absolute Gasteiger partial charge is 0.125 e. The lowest BCUT2D eigenvalue weighted by atomic mass is 9.97. The number of ether oxygens (including phenoxy) is 1. The van der Waals surface area contributed by atoms with Crippen molar-refractivity contribution in [1.29, 1.82) is 0 Å². The number of rotatable bonds is 4. The second-order valence-electron chi connectivity index (χ2n) is 5.18. The summed E-state index contributed by atoms with van der Waals surface area (Å²) in [5, 5.41) is 0. The Hall–Kier alpha value is -1.87. The maximum Gasteiger partial charge on any atom is 0.125 e. The van der Waals surface area contributed by atoms with E-state index in [1.807, 2.05) is 32.9 Å². The molecule has 0 spiro atoms. The van der Waals surface area contributed by atoms with Gasteiger partial charge in [0.15, 0.2) is 0 Å². The molecule has 0 fully saturated rings. The molecular formula is C17H20FNO. The maximum absolute atomic E-state index is 13.0. The third-order valence-corrected chi connectivity index (χ3v) is 3.25. The monoisotopic (exact) mass is 273 g/mol. The molecule has 0 aliphatic carbocycles. The van der Waals surface area contributed by atoms with Crippen molar-refractivity contribution in [2.75, 3.05) is 6.61 Å². The summed E-state index contributed by atoms with van der Waals surface area (Å²) in [5.41, 5.74) is 9.90. The van der Waals surface area contributed by atoms with Crippen molar-refractivity contribution in [3.05, 3.63) is 53.3 Å². The van der Waals surface area contributed by atoms with Gasteiger partial charge in [-0.2, -0.15) is 0 Å². The zero-order valence-corrected chi connectivity index (χ0v) is 12.1. The predicted molar refractivity (Wildman–Crippen MR) is 80.5 cm³/mol. The number of hydrogen-bond donors (Lipinski definition) is 1. The predicted octanol–water partition coefficient (Wildman–Crippen LogP) is 3.84. The third kappa shape index (κ3) is 3.17. The van der Waals surface area contributed by atoms with Gasteiger partial charge in [-0.1, -0.05) is 24.3 Å². The van der Waals surface area contributed by atoms with E-state index in [1.165, 1.54) is 12.1 Å². The first kappa shape index (κ1) is 14.5. The molecule has 0 saturated carbocycles. The van der Waals surface area contributed by atoms with Crippen LogP contribution in [0, 0.1) is 19.7 Å². The number of aryl methyl sites for hydroxylation is 1. The summed E-state index contributed by atoms with van der Waals surface area (Å²) in [5.74, 6) is 0.635. The van der Waals surface area contributed by atoms with Crippen LogP contribution in [-0.2, 0) is 0 Å². The summed E-state index contributed by atoms with van der Waals surface area (Å²) in [6.45, 7) is 6.42. The molecule has 1 unspecified atom stereocenters. The molecule has 2 aromatic carbocycles. The molecule has 0 aliphatic rings. The largest absolute Gasteiger partial charge is 0.491 e. The summed E-state index contributed by atoms with van der Waals surface area (Å²) in [6, 6.07) is 10.5. The number of halogens is 1. The molecule has 2 rings (SSSR count). The van der Waals surface area contributed by atoms with E-state index in [0.717, 1.165) is 28.0 Å². The summed E-state index contributed by atoms with van der Waals surface area (Å²) < 4.78 is 18.8. The average Bonchev–Trinajstić information content (AvgIpc) is 2.40. The van der Waals surface area contributed by atoms with Gasteiger partial charge in [-0.05, 0) is 55.2 Å². The van der Waals surface area contributed by atoms with Gasteiger partial charge < -0.3 is 10.5 Å². The van der Waals surface area contributed by atoms with E-state index in [9.17, 15) is 4.39 Å². The van der Waals surface area contributed by atoms with E-state index in [0.29, 0.717) is 6.61 Å². The minimum atomic E-state index is -0.230. The molecule has 106 valence electrons. The lowest BCUT2D eigenvalue weighted by Crippen LogP contribution is -2.24. The highest BCUT2D eigenvalue weighted by Gasteiger charge is 2.11. The van der Waals surface area contributed by atoms with E-state index >= 15 is 0 Å². The van der Waals surface area contributed by atoms with Crippen molar-refractivity contribution >= 4 is 0 Å². The zero-order chi connectivity index (χ0) is 14.7. The van der Waals surface area contributed by atoms with E-state index in [-0.39, 0.29) is 11.9 Å². The Morgan fingerprint density at radius 2 is 1.75 bits per heavy atom. The number of benzene rings is 2. The SMILES string of the molecule is Cc1ccc(-c2ccc(F)cc2)c(C)c1OCC(C)N. The van der Waals surface area contributed by atoms with Crippen LogP contribution >= 0.6 is 0 Å². The van der Waals surface area contributed by atoms with Crippen molar-refractivity contribution in [2.24, 2.45) is 5.73 Å². The maximum atomic E-state index is 13.0. The highest BCUT2D eigenvalue weighted by molar-refractivity contribution is 5.70. The Bertz CT molecular complexity index is 591. The molecule has 0 aromatic heterocycles. The van der Waals surface area contributed by atoms with Crippen molar-refractivity contribution in [2.45, 2.75) is 26.8 Å². The summed E-state index contributed by atoms with van der Waals surface area (Å²) in [4.78, 5) is 0. The van der Waals surface area contributed by atoms with Crippen molar-refractivity contribution in [3.8, 4) is 16.9 Å². The zero-order valence-electron chi connectivity index (χ0n) is 12.1. The lowest BCUT2D eigenvalue weighted by Gasteiger charge is -2.17. The molecule has 1 atom stereocenters. The Morgan fingerprint density at radius 1 is 1.10 bits per heavy atom. The van der Waals surface area contributed by atoms with Gasteiger partial charge in [0.1, 0.15) is 18.2 Å². The molecule has 20 heavy (non-hydrogen) atoms. The molecule has 3 heteroatoms. The van der Waals surface area contributed by atoms with Gasteiger partial charge >= 0.3 is 0 Å². The highest BCUT2D eigenvalue weighted by atomic mass is 19.1. The fourth-order valence-corrected chi connectivity index (χ4v) is 2.21. The normalized spacial score (nSPS) is 12.2. The molecule has 0 heterocycles. The minimum Gasteiger partial charge on any atom is -0.491 e. The first-order chi connectivity index (χ1) is 9.49. The van der Waals surface area contributed by atoms with Crippen LogP contribution in [0.15, 0.2) is 36.4 Å². The molecule has 0 amide bonds. The van der Waals surface area contributed by atoms with E-state index in [2.05, 4.69) is 0 Å². The van der Waals surface area contributed by atoms with Gasteiger partial charge in [-0.15, -0.1) is 0 Å². The van der Waals surface area contributed by atoms with Gasteiger partial charge in [0.2, 0.25) is 0 Å². The molecule has 0 radical (unpaired) electrons. The van der Waals surface area contributed by atoms with Crippen LogP contribution in [0.4, 0.5) is 4.39 Å². The van der Waals surface area contributed by atoms with Crippen LogP contribution in [0.5, 0.6) is 5.75 Å². The van der Waals surface area contributed by atoms with Crippen LogP contribution in [0.3, 0.4) is 0 Å². The van der Waals surface area contributed by atoms with E-state index in [4.69, 9.17) is 10.5 Å². The van der Waals surface area contributed by atoms with Gasteiger partial charge in [0.05, 0.1) is 0 Å². The van der Waals surface area contributed by atoms with Gasteiger partial charge in [0.25, 0.3) is 0 Å². The Labute approximate surface area is 119 Å². The van der Waals surface area contributed by atoms with Gasteiger partial charge in [0, 0.05) is 6.04 Å². The topological polar surface area (TPSA) is 35.2 Å². The Morgan fingerprint density at radius 3 is 2.35 bits per heavy atom. The van der Waals surface area contributed by atoms with Crippen LogP contribution < -0.4 is 10.5 Å². The third-order valence-electron chi connectivity index (χ3n) is 3.25. The van der Waals surface area contributed by atoms with Crippen molar-refractivity contribution in [3.63, 3.8) is 0 Å². The van der Waals surface area contributed by atoms with Crippen molar-refractivity contribution < 1.29 is 9.13 Å². The van der Waals surface area contributed by atoms with Crippen LogP contribution in [-0.4, -0.2) is 12.6 Å². The lowest BCUT2D eigenvalue weighted by molar-refractivity contribution is 0.292. The second kappa shape index (κ2) is 6.06. The van der Waals surface area contributed by atoms with Gasteiger partial charge in [-0.25, -0.2) is 4.39 Å². The summed E-state index contributed by atoms with van der Waals surface area (Å²) in [6.07, 6.45) is 0. The quantitative estimate of drug-likeness (QED) is 0.918. The van der Waals surface area contributed by atoms with Crippen molar-refractivity contribution in [1.82, 2.24) is 0 Å². The fourth-order valence-electron chi connectivity index (χ4n) is 2.21. The number of nitrogens with two attached hydrogens (primary N) is 1. The highest BCUT2D eigenvalue weighted by Crippen LogP contribution is 2.33. The first-order valence-electron chi connectivity index (χ1n) is 6.73. The summed E-state index contributed by atoms with van der Waals surface area (Å²) >= 11 is 0. The molecule has 0 aliphatic heterocycles. The Balaban J connectivity index is 2.40. The number of hydrogen-bond acceptors (Lipinski definition) is 2. The molecule has 2 aromatic rings. The summed E-state index contributed by atoms with van der Waals surface area (Å²) in [7, 11) is 0. The molecule has 2 N–H and O–H groups in total. The Kier molecular flexibility index (Phi) is 4.40. The second-order valence-corrected chi connectivity index (χ2v) is 5.18. The molecular weight excluding hydrogens is 253 g/mol. The van der Waals surface area contributed by atoms with Crippen LogP contribution in [0.1, 0.15) is 18.1 Å². The van der Waals surface area contributed by atoms with Gasteiger partial charge in [-0.3, -0.25) is 0 Å². The average molecular weight is 273 g/mol. The molecule has 0 bridgehead atoms. The fraction of sp³-hybridized carbons (Fsp3) is 0.294. The van der Waals surface area contributed by atoms with Crippen LogP contribution in [0.2, 0.25) is 0 Å². The van der Waals surface area contributed by atoms with E-state index in [1.54, 1.807) is 12.1 Å². The van der Waals surface area contributed by atoms with E-state index < -0.39 is 0 Å². The van der Waals surface area contributed by atoms with Crippen LogP contribution in [0.25, 0.3) is 11.1 Å². The minimum absolute atomic E-state index is 0.0109. The standard InChI is InChI=1S/C17H20FNO/c1-11-4-9-16(14-5-7-15(18)8-6-14)13(3)17(11)20-10-12(2)19/h4-9,12H,10,19H2,1-3H3.